The summed E-state index contributed by atoms with van der Waals surface area (Å²) in [6.07, 6.45) is 4.92. The van der Waals surface area contributed by atoms with Crippen LogP contribution in [0.1, 0.15) is 57.1 Å². The first kappa shape index (κ1) is 18.1. The van der Waals surface area contributed by atoms with Crippen LogP contribution in [0.4, 0.5) is 4.39 Å². The van der Waals surface area contributed by atoms with Crippen LogP contribution >= 0.6 is 0 Å². The van der Waals surface area contributed by atoms with Gasteiger partial charge in [-0.25, -0.2) is 4.39 Å². The highest BCUT2D eigenvalue weighted by Crippen LogP contribution is 2.56. The van der Waals surface area contributed by atoms with Gasteiger partial charge in [-0.3, -0.25) is 9.58 Å². The molecule has 148 valence electrons. The first-order valence-corrected chi connectivity index (χ1v) is 10.4. The highest BCUT2D eigenvalue weighted by Gasteiger charge is 2.56. The van der Waals surface area contributed by atoms with Gasteiger partial charge >= 0.3 is 0 Å². The molecule has 2 aliphatic heterocycles. The lowest BCUT2D eigenvalue weighted by Crippen LogP contribution is -2.64. The maximum atomic E-state index is 14.5. The lowest BCUT2D eigenvalue weighted by atomic mass is 9.56. The number of nitrogens with zero attached hydrogens (tertiary/aromatic N) is 4. The molecule has 4 bridgehead atoms. The second-order valence-electron chi connectivity index (χ2n) is 9.36. The number of hydrogen-bond acceptors (Lipinski definition) is 4. The number of aryl methyl sites for hydroxylation is 1. The molecule has 0 spiro atoms. The van der Waals surface area contributed by atoms with Crippen LogP contribution in [0, 0.1) is 28.5 Å². The fraction of sp³-hybridized carbons (Fsp3) is 0.636. The smallest absolute Gasteiger partial charge is 0.134 e. The van der Waals surface area contributed by atoms with Crippen molar-refractivity contribution >= 4 is 10.9 Å². The largest absolute Gasteiger partial charge is 0.378 e. The number of halogens is 1. The zero-order valence-electron chi connectivity index (χ0n) is 16.5. The number of fused-ring (bicyclic) bond motifs is 1. The quantitative estimate of drug-likeness (QED) is 0.876. The normalized spacial score (nSPS) is 33.9. The van der Waals surface area contributed by atoms with Crippen LogP contribution in [-0.4, -0.2) is 38.1 Å². The Balaban J connectivity index is 1.38. The summed E-state index contributed by atoms with van der Waals surface area (Å²) in [7, 11) is 1.83. The first-order chi connectivity index (χ1) is 13.4. The fourth-order valence-electron chi connectivity index (χ4n) is 6.48. The summed E-state index contributed by atoms with van der Waals surface area (Å²) in [4.78, 5) is 2.27. The van der Waals surface area contributed by atoms with E-state index in [4.69, 9.17) is 0 Å². The van der Waals surface area contributed by atoms with E-state index in [0.717, 1.165) is 37.6 Å². The van der Waals surface area contributed by atoms with E-state index >= 15 is 0 Å². The maximum Gasteiger partial charge on any atom is 0.134 e. The van der Waals surface area contributed by atoms with Gasteiger partial charge in [-0.2, -0.15) is 10.4 Å². The number of nitriles is 1. The molecule has 4 fully saturated rings. The van der Waals surface area contributed by atoms with E-state index in [9.17, 15) is 14.8 Å². The summed E-state index contributed by atoms with van der Waals surface area (Å²) in [6, 6.07) is 8.24. The minimum absolute atomic E-state index is 0.0577. The van der Waals surface area contributed by atoms with Gasteiger partial charge in [0.25, 0.3) is 0 Å². The van der Waals surface area contributed by atoms with Gasteiger partial charge in [0.2, 0.25) is 0 Å². The number of hydrogen-bond donors (Lipinski definition) is 1. The Kier molecular flexibility index (Phi) is 4.05. The van der Waals surface area contributed by atoms with Crippen LogP contribution in [-0.2, 0) is 7.05 Å². The second kappa shape index (κ2) is 6.27. The monoisotopic (exact) mass is 382 g/mol. The Labute approximate surface area is 164 Å². The molecule has 2 saturated carbocycles. The lowest BCUT2D eigenvalue weighted by molar-refractivity contribution is -0.158. The van der Waals surface area contributed by atoms with Crippen molar-refractivity contribution in [1.82, 2.24) is 14.7 Å². The van der Waals surface area contributed by atoms with Crippen molar-refractivity contribution in [1.29, 1.82) is 5.26 Å². The van der Waals surface area contributed by atoms with Gasteiger partial charge in [-0.1, -0.05) is 13.0 Å². The molecule has 6 rings (SSSR count). The van der Waals surface area contributed by atoms with Crippen LogP contribution in [0.25, 0.3) is 10.9 Å². The minimum Gasteiger partial charge on any atom is -0.378 e. The predicted octanol–water partition coefficient (Wildman–Crippen LogP) is 3.68. The molecule has 4 aliphatic rings. The van der Waals surface area contributed by atoms with E-state index in [1.54, 1.807) is 10.7 Å². The number of aliphatic hydroxyl groups excluding tert-OH is 1. The van der Waals surface area contributed by atoms with Crippen molar-refractivity contribution < 1.29 is 9.50 Å². The molecule has 2 saturated heterocycles. The molecule has 3 heterocycles. The molecule has 5 nitrogen and oxygen atoms in total. The van der Waals surface area contributed by atoms with Gasteiger partial charge in [0.05, 0.1) is 28.1 Å². The van der Waals surface area contributed by atoms with E-state index in [2.05, 4.69) is 16.1 Å². The molecule has 1 aromatic heterocycles. The molecule has 1 N–H and O–H groups in total. The summed E-state index contributed by atoms with van der Waals surface area (Å²) in [6.45, 7) is 2.02. The summed E-state index contributed by atoms with van der Waals surface area (Å²) >= 11 is 0. The first-order valence-electron chi connectivity index (χ1n) is 10.4. The molecule has 6 heteroatoms. The lowest BCUT2D eigenvalue weighted by Gasteiger charge is -2.60. The van der Waals surface area contributed by atoms with Gasteiger partial charge in [0.1, 0.15) is 12.0 Å². The minimum atomic E-state index is -0.579. The standard InChI is InChI=1S/C22H27FN4O/c1-13(21-20-17(23)4-3-5-18(20)26(2)25-21)6-19(28)27-15-7-14-8-16(27)11-22(9-14,10-15)12-24/h3-5,13-16,19,28H,6-11H2,1-2H3. The Morgan fingerprint density at radius 3 is 2.71 bits per heavy atom. The van der Waals surface area contributed by atoms with Gasteiger partial charge in [-0.05, 0) is 56.6 Å². The van der Waals surface area contributed by atoms with E-state index in [-0.39, 0.29) is 17.2 Å². The number of rotatable bonds is 4. The Hall–Kier alpha value is -1.97. The molecular formula is C22H27FN4O. The third kappa shape index (κ3) is 2.60. The average molecular weight is 382 g/mol. The van der Waals surface area contributed by atoms with Crippen molar-refractivity contribution in [3.8, 4) is 6.07 Å². The van der Waals surface area contributed by atoms with Crippen LogP contribution in [0.5, 0.6) is 0 Å². The highest BCUT2D eigenvalue weighted by molar-refractivity contribution is 5.83. The Morgan fingerprint density at radius 2 is 2.04 bits per heavy atom. The number of aliphatic hydroxyl groups is 1. The van der Waals surface area contributed by atoms with Crippen LogP contribution in [0.15, 0.2) is 18.2 Å². The summed E-state index contributed by atoms with van der Waals surface area (Å²) in [5, 5.41) is 26.0. The zero-order valence-corrected chi connectivity index (χ0v) is 16.5. The van der Waals surface area contributed by atoms with Crippen LogP contribution in [0.3, 0.4) is 0 Å². The Bertz CT molecular complexity index is 947. The van der Waals surface area contributed by atoms with Gasteiger partial charge < -0.3 is 5.11 Å². The van der Waals surface area contributed by atoms with Crippen LogP contribution < -0.4 is 0 Å². The fourth-order valence-corrected chi connectivity index (χ4v) is 6.48. The van der Waals surface area contributed by atoms with Crippen molar-refractivity contribution in [3.05, 3.63) is 29.7 Å². The number of aromatic nitrogens is 2. The number of piperidine rings is 2. The van der Waals surface area contributed by atoms with Crippen molar-refractivity contribution in [2.75, 3.05) is 0 Å². The number of benzene rings is 1. The molecule has 0 radical (unpaired) electrons. The summed E-state index contributed by atoms with van der Waals surface area (Å²) in [5.41, 5.74) is 1.33. The second-order valence-corrected chi connectivity index (χ2v) is 9.36. The van der Waals surface area contributed by atoms with E-state index in [0.29, 0.717) is 35.5 Å². The van der Waals surface area contributed by atoms with Gasteiger partial charge in [0.15, 0.2) is 0 Å². The van der Waals surface area contributed by atoms with Crippen molar-refractivity contribution in [3.63, 3.8) is 0 Å². The molecular weight excluding hydrogens is 355 g/mol. The predicted molar refractivity (Wildman–Crippen MR) is 104 cm³/mol. The average Bonchev–Trinajstić information content (AvgIpc) is 2.99. The summed E-state index contributed by atoms with van der Waals surface area (Å²) in [5.74, 6) is 0.317. The molecule has 2 aliphatic carbocycles. The Morgan fingerprint density at radius 1 is 1.32 bits per heavy atom. The maximum absolute atomic E-state index is 14.5. The van der Waals surface area contributed by atoms with Crippen molar-refractivity contribution in [2.45, 2.75) is 69.7 Å². The van der Waals surface area contributed by atoms with Gasteiger partial charge in [0, 0.05) is 25.0 Å². The molecule has 2 aromatic rings. The molecule has 4 atom stereocenters. The van der Waals surface area contributed by atoms with E-state index in [1.165, 1.54) is 6.07 Å². The molecule has 4 unspecified atom stereocenters. The molecule has 1 aromatic carbocycles. The SMILES string of the molecule is CC(CC(O)N1C2CC3CC1CC(C#N)(C3)C2)c1nn(C)c2cccc(F)c12. The van der Waals surface area contributed by atoms with Crippen LogP contribution in [0.2, 0.25) is 0 Å². The zero-order chi connectivity index (χ0) is 19.6. The highest BCUT2D eigenvalue weighted by atomic mass is 19.1. The summed E-state index contributed by atoms with van der Waals surface area (Å²) < 4.78 is 16.2. The third-order valence-corrected chi connectivity index (χ3v) is 7.45. The third-order valence-electron chi connectivity index (χ3n) is 7.45. The van der Waals surface area contributed by atoms with Gasteiger partial charge in [-0.15, -0.1) is 0 Å². The topological polar surface area (TPSA) is 65.1 Å². The molecule has 28 heavy (non-hydrogen) atoms. The van der Waals surface area contributed by atoms with Crippen molar-refractivity contribution in [2.24, 2.45) is 18.4 Å². The van der Waals surface area contributed by atoms with E-state index in [1.807, 2.05) is 20.0 Å². The molecule has 0 amide bonds. The van der Waals surface area contributed by atoms with E-state index < -0.39 is 6.23 Å².